The number of hydrogen-bond donors (Lipinski definition) is 1. The lowest BCUT2D eigenvalue weighted by atomic mass is 10.3. The Bertz CT molecular complexity index is 368. The molecule has 1 aromatic rings. The molecule has 0 radical (unpaired) electrons. The van der Waals surface area contributed by atoms with Crippen LogP contribution in [-0.4, -0.2) is 43.0 Å². The number of carbonyl (C=O) groups excluding carboxylic acids is 1. The summed E-state index contributed by atoms with van der Waals surface area (Å²) in [6.45, 7) is 4.46. The van der Waals surface area contributed by atoms with Gasteiger partial charge in [-0.15, -0.1) is 10.2 Å². The summed E-state index contributed by atoms with van der Waals surface area (Å²) in [5.74, 6) is 0.157. The molecule has 1 heterocycles. The molecule has 0 aliphatic carbocycles. The normalized spacial score (nSPS) is 10.2. The maximum atomic E-state index is 11.1. The summed E-state index contributed by atoms with van der Waals surface area (Å²) >= 11 is 0. The molecule has 0 saturated heterocycles. The van der Waals surface area contributed by atoms with E-state index < -0.39 is 5.97 Å². The predicted octanol–water partition coefficient (Wildman–Crippen LogP) is 1.88. The number of anilines is 1. The van der Waals surface area contributed by atoms with Crippen LogP contribution in [0.25, 0.3) is 0 Å². The first-order valence-corrected chi connectivity index (χ1v) is 6.51. The fraction of sp³-hybridized carbons (Fsp3) is 0.615. The van der Waals surface area contributed by atoms with E-state index in [1.807, 2.05) is 0 Å². The van der Waals surface area contributed by atoms with Gasteiger partial charge in [0.1, 0.15) is 5.82 Å². The fourth-order valence-corrected chi connectivity index (χ4v) is 1.38. The Balaban J connectivity index is 2.18. The fourth-order valence-electron chi connectivity index (χ4n) is 1.38. The van der Waals surface area contributed by atoms with Crippen molar-refractivity contribution in [2.24, 2.45) is 0 Å². The van der Waals surface area contributed by atoms with Crippen molar-refractivity contribution in [3.05, 3.63) is 17.8 Å². The van der Waals surface area contributed by atoms with Crippen molar-refractivity contribution in [1.82, 2.24) is 10.2 Å². The highest BCUT2D eigenvalue weighted by molar-refractivity contribution is 5.86. The van der Waals surface area contributed by atoms with Gasteiger partial charge in [0.15, 0.2) is 5.69 Å². The maximum Gasteiger partial charge on any atom is 0.358 e. The summed E-state index contributed by atoms with van der Waals surface area (Å²) in [4.78, 5) is 11.1. The highest BCUT2D eigenvalue weighted by Gasteiger charge is 2.06. The van der Waals surface area contributed by atoms with E-state index in [0.717, 1.165) is 39.0 Å². The lowest BCUT2D eigenvalue weighted by Gasteiger charge is -2.06. The van der Waals surface area contributed by atoms with E-state index in [-0.39, 0.29) is 5.69 Å². The highest BCUT2D eigenvalue weighted by atomic mass is 16.5. The zero-order valence-corrected chi connectivity index (χ0v) is 11.5. The van der Waals surface area contributed by atoms with Crippen molar-refractivity contribution in [3.63, 3.8) is 0 Å². The van der Waals surface area contributed by atoms with Crippen molar-refractivity contribution < 1.29 is 14.3 Å². The molecule has 0 atom stereocenters. The van der Waals surface area contributed by atoms with E-state index in [2.05, 4.69) is 27.2 Å². The number of ether oxygens (including phenoxy) is 2. The Morgan fingerprint density at radius 3 is 2.68 bits per heavy atom. The number of unbranched alkanes of at least 4 members (excludes halogenated alkanes) is 1. The highest BCUT2D eigenvalue weighted by Crippen LogP contribution is 2.03. The van der Waals surface area contributed by atoms with Gasteiger partial charge in [0.25, 0.3) is 0 Å². The Kier molecular flexibility index (Phi) is 7.50. The number of aromatic nitrogens is 2. The van der Waals surface area contributed by atoms with E-state index in [9.17, 15) is 4.79 Å². The lowest BCUT2D eigenvalue weighted by Crippen LogP contribution is -2.10. The van der Waals surface area contributed by atoms with Crippen LogP contribution < -0.4 is 5.32 Å². The van der Waals surface area contributed by atoms with Crippen LogP contribution in [0.3, 0.4) is 0 Å². The van der Waals surface area contributed by atoms with E-state index in [1.54, 1.807) is 12.1 Å². The Labute approximate surface area is 113 Å². The van der Waals surface area contributed by atoms with Crippen LogP contribution in [0.2, 0.25) is 0 Å². The molecule has 0 amide bonds. The van der Waals surface area contributed by atoms with Gasteiger partial charge in [0, 0.05) is 19.8 Å². The smallest absolute Gasteiger partial charge is 0.358 e. The van der Waals surface area contributed by atoms with Gasteiger partial charge in [0.05, 0.1) is 7.11 Å². The van der Waals surface area contributed by atoms with Crippen LogP contribution in [0.1, 0.15) is 36.7 Å². The van der Waals surface area contributed by atoms with Gasteiger partial charge in [-0.1, -0.05) is 13.3 Å². The van der Waals surface area contributed by atoms with Crippen LogP contribution in [0.15, 0.2) is 12.1 Å². The summed E-state index contributed by atoms with van der Waals surface area (Å²) in [5.41, 5.74) is 0.205. The lowest BCUT2D eigenvalue weighted by molar-refractivity contribution is 0.0593. The van der Waals surface area contributed by atoms with Gasteiger partial charge in [-0.25, -0.2) is 4.79 Å². The molecule has 1 rings (SSSR count). The van der Waals surface area contributed by atoms with Crippen molar-refractivity contribution in [3.8, 4) is 0 Å². The molecular formula is C13H21N3O3. The third kappa shape index (κ3) is 6.15. The first kappa shape index (κ1) is 15.4. The standard InChI is InChI=1S/C13H21N3O3/c1-3-4-9-19-10-5-8-14-12-7-6-11(15-16-12)13(17)18-2/h6-7H,3-5,8-10H2,1-2H3,(H,14,16). The van der Waals surface area contributed by atoms with Gasteiger partial charge in [-0.05, 0) is 25.0 Å². The molecule has 0 aliphatic rings. The Morgan fingerprint density at radius 1 is 1.26 bits per heavy atom. The predicted molar refractivity (Wildman–Crippen MR) is 72.2 cm³/mol. The molecule has 0 saturated carbocycles. The molecule has 106 valence electrons. The third-order valence-electron chi connectivity index (χ3n) is 2.47. The molecule has 0 bridgehead atoms. The minimum atomic E-state index is -0.483. The maximum absolute atomic E-state index is 11.1. The summed E-state index contributed by atoms with van der Waals surface area (Å²) < 4.78 is 9.98. The molecule has 6 nitrogen and oxygen atoms in total. The number of carbonyl (C=O) groups is 1. The molecule has 6 heteroatoms. The van der Waals surface area contributed by atoms with Gasteiger partial charge in [-0.3, -0.25) is 0 Å². The van der Waals surface area contributed by atoms with Crippen LogP contribution in [-0.2, 0) is 9.47 Å². The first-order chi connectivity index (χ1) is 9.27. The first-order valence-electron chi connectivity index (χ1n) is 6.51. The molecule has 0 unspecified atom stereocenters. The average molecular weight is 267 g/mol. The largest absolute Gasteiger partial charge is 0.464 e. The molecule has 1 aromatic heterocycles. The molecular weight excluding hydrogens is 246 g/mol. The second-order valence-corrected chi connectivity index (χ2v) is 4.04. The van der Waals surface area contributed by atoms with Gasteiger partial charge < -0.3 is 14.8 Å². The van der Waals surface area contributed by atoms with Crippen molar-refractivity contribution >= 4 is 11.8 Å². The molecule has 0 spiro atoms. The van der Waals surface area contributed by atoms with Gasteiger partial charge >= 0.3 is 5.97 Å². The molecule has 0 aromatic carbocycles. The summed E-state index contributed by atoms with van der Waals surface area (Å²) in [5, 5.41) is 10.8. The van der Waals surface area contributed by atoms with Gasteiger partial charge in [0.2, 0.25) is 0 Å². The SMILES string of the molecule is CCCCOCCCNc1ccc(C(=O)OC)nn1. The van der Waals surface area contributed by atoms with Crippen LogP contribution in [0, 0.1) is 0 Å². The van der Waals surface area contributed by atoms with Crippen LogP contribution in [0.5, 0.6) is 0 Å². The van der Waals surface area contributed by atoms with Crippen molar-refractivity contribution in [2.75, 3.05) is 32.2 Å². The summed E-state index contributed by atoms with van der Waals surface area (Å²) in [7, 11) is 1.31. The number of nitrogens with zero attached hydrogens (tertiary/aromatic N) is 2. The zero-order valence-electron chi connectivity index (χ0n) is 11.5. The second kappa shape index (κ2) is 9.27. The van der Waals surface area contributed by atoms with Gasteiger partial charge in [-0.2, -0.15) is 0 Å². The quantitative estimate of drug-likeness (QED) is 0.544. The number of esters is 1. The molecule has 19 heavy (non-hydrogen) atoms. The summed E-state index contributed by atoms with van der Waals surface area (Å²) in [6.07, 6.45) is 3.17. The third-order valence-corrected chi connectivity index (χ3v) is 2.47. The van der Waals surface area contributed by atoms with E-state index in [1.165, 1.54) is 7.11 Å². The Morgan fingerprint density at radius 2 is 2.05 bits per heavy atom. The average Bonchev–Trinajstić information content (AvgIpc) is 2.46. The van der Waals surface area contributed by atoms with E-state index >= 15 is 0 Å². The number of hydrogen-bond acceptors (Lipinski definition) is 6. The number of methoxy groups -OCH3 is 1. The van der Waals surface area contributed by atoms with Crippen LogP contribution in [0.4, 0.5) is 5.82 Å². The minimum absolute atomic E-state index is 0.205. The monoisotopic (exact) mass is 267 g/mol. The number of nitrogens with one attached hydrogen (secondary N) is 1. The van der Waals surface area contributed by atoms with Crippen molar-refractivity contribution in [2.45, 2.75) is 26.2 Å². The van der Waals surface area contributed by atoms with Crippen molar-refractivity contribution in [1.29, 1.82) is 0 Å². The van der Waals surface area contributed by atoms with E-state index in [0.29, 0.717) is 5.82 Å². The molecule has 1 N–H and O–H groups in total. The van der Waals surface area contributed by atoms with E-state index in [4.69, 9.17) is 4.74 Å². The Hall–Kier alpha value is -1.69. The topological polar surface area (TPSA) is 73.3 Å². The summed E-state index contributed by atoms with van der Waals surface area (Å²) in [6, 6.07) is 3.29. The molecule has 0 fully saturated rings. The number of rotatable bonds is 9. The second-order valence-electron chi connectivity index (χ2n) is 4.04. The molecule has 0 aliphatic heterocycles. The zero-order chi connectivity index (χ0) is 13.9. The minimum Gasteiger partial charge on any atom is -0.464 e. The van der Waals surface area contributed by atoms with Crippen LogP contribution >= 0.6 is 0 Å².